The van der Waals surface area contributed by atoms with Gasteiger partial charge in [0.2, 0.25) is 0 Å². The number of anilines is 2. The molecule has 8 heteroatoms. The summed E-state index contributed by atoms with van der Waals surface area (Å²) in [6.07, 6.45) is -2.63. The summed E-state index contributed by atoms with van der Waals surface area (Å²) < 4.78 is 38.1. The van der Waals surface area contributed by atoms with E-state index in [4.69, 9.17) is 12.2 Å². The highest BCUT2D eigenvalue weighted by molar-refractivity contribution is 7.80. The van der Waals surface area contributed by atoms with Crippen LogP contribution in [0.5, 0.6) is 0 Å². The first-order valence-electron chi connectivity index (χ1n) is 8.74. The predicted molar refractivity (Wildman–Crippen MR) is 105 cm³/mol. The lowest BCUT2D eigenvalue weighted by atomic mass is 10.2. The molecule has 0 unspecified atom stereocenters. The molecule has 27 heavy (non-hydrogen) atoms. The van der Waals surface area contributed by atoms with Gasteiger partial charge in [0.05, 0.1) is 5.56 Å². The van der Waals surface area contributed by atoms with Crippen LogP contribution in [0.1, 0.15) is 17.5 Å². The van der Waals surface area contributed by atoms with E-state index in [1.807, 2.05) is 36.1 Å². The lowest BCUT2D eigenvalue weighted by Gasteiger charge is -2.25. The van der Waals surface area contributed by atoms with Gasteiger partial charge >= 0.3 is 6.18 Å². The van der Waals surface area contributed by atoms with Crippen LogP contribution in [0.4, 0.5) is 24.7 Å². The van der Waals surface area contributed by atoms with Gasteiger partial charge in [-0.15, -0.1) is 0 Å². The minimum absolute atomic E-state index is 0.558. The Morgan fingerprint density at radius 1 is 1.04 bits per heavy atom. The first-order chi connectivity index (χ1) is 12.8. The standard InChI is InChI=1S/C19H21F3N4S/c1-14-3-6-16(7-4-14)24-18(27)26-10-2-9-25(11-12-26)17-8-5-15(13-23-17)19(20,21)22/h3-8,13H,2,9-12H2,1H3,(H,24,27). The van der Waals surface area contributed by atoms with Gasteiger partial charge in [-0.3, -0.25) is 0 Å². The number of nitrogens with one attached hydrogen (secondary N) is 1. The predicted octanol–water partition coefficient (Wildman–Crippen LogP) is 4.32. The van der Waals surface area contributed by atoms with Crippen LogP contribution in [0.3, 0.4) is 0 Å². The third-order valence-electron chi connectivity index (χ3n) is 4.49. The molecular weight excluding hydrogens is 373 g/mol. The molecule has 3 rings (SSSR count). The largest absolute Gasteiger partial charge is 0.417 e. The average Bonchev–Trinajstić information content (AvgIpc) is 2.89. The molecule has 1 saturated heterocycles. The lowest BCUT2D eigenvalue weighted by Crippen LogP contribution is -2.38. The number of rotatable bonds is 2. The van der Waals surface area contributed by atoms with E-state index in [9.17, 15) is 13.2 Å². The highest BCUT2D eigenvalue weighted by Gasteiger charge is 2.31. The Hall–Kier alpha value is -2.35. The lowest BCUT2D eigenvalue weighted by molar-refractivity contribution is -0.137. The first-order valence-corrected chi connectivity index (χ1v) is 9.14. The second-order valence-corrected chi connectivity index (χ2v) is 6.91. The van der Waals surface area contributed by atoms with Crippen LogP contribution in [0, 0.1) is 6.92 Å². The molecule has 0 aliphatic carbocycles. The maximum Gasteiger partial charge on any atom is 0.417 e. The number of benzene rings is 1. The molecule has 2 aromatic rings. The van der Waals surface area contributed by atoms with Crippen molar-refractivity contribution in [3.8, 4) is 0 Å². The van der Waals surface area contributed by atoms with Crippen LogP contribution in [-0.2, 0) is 6.18 Å². The monoisotopic (exact) mass is 394 g/mol. The van der Waals surface area contributed by atoms with Gasteiger partial charge in [-0.1, -0.05) is 17.7 Å². The summed E-state index contributed by atoms with van der Waals surface area (Å²) in [7, 11) is 0. The van der Waals surface area contributed by atoms with Crippen molar-refractivity contribution in [2.45, 2.75) is 19.5 Å². The normalized spacial score (nSPS) is 15.4. The Balaban J connectivity index is 1.59. The van der Waals surface area contributed by atoms with E-state index in [-0.39, 0.29) is 0 Å². The fourth-order valence-corrected chi connectivity index (χ4v) is 3.23. The molecule has 0 bridgehead atoms. The van der Waals surface area contributed by atoms with E-state index < -0.39 is 11.7 Å². The second kappa shape index (κ2) is 8.12. The Morgan fingerprint density at radius 3 is 2.41 bits per heavy atom. The zero-order valence-corrected chi connectivity index (χ0v) is 15.8. The number of hydrogen-bond acceptors (Lipinski definition) is 3. The van der Waals surface area contributed by atoms with Crippen molar-refractivity contribution in [3.05, 3.63) is 53.7 Å². The maximum atomic E-state index is 12.7. The number of aromatic nitrogens is 1. The number of alkyl halides is 3. The molecule has 2 heterocycles. The Kier molecular flexibility index (Phi) is 5.84. The fraction of sp³-hybridized carbons (Fsp3) is 0.368. The van der Waals surface area contributed by atoms with Crippen molar-refractivity contribution < 1.29 is 13.2 Å². The van der Waals surface area contributed by atoms with Crippen molar-refractivity contribution in [1.29, 1.82) is 0 Å². The van der Waals surface area contributed by atoms with Crippen LogP contribution in [0.2, 0.25) is 0 Å². The highest BCUT2D eigenvalue weighted by atomic mass is 32.1. The Labute approximate surface area is 162 Å². The van der Waals surface area contributed by atoms with Crippen molar-refractivity contribution in [2.75, 3.05) is 36.4 Å². The van der Waals surface area contributed by atoms with Gasteiger partial charge in [0.25, 0.3) is 0 Å². The van der Waals surface area contributed by atoms with E-state index in [1.165, 1.54) is 11.6 Å². The quantitative estimate of drug-likeness (QED) is 0.767. The molecule has 4 nitrogen and oxygen atoms in total. The summed E-state index contributed by atoms with van der Waals surface area (Å²) in [6.45, 7) is 4.87. The molecule has 0 spiro atoms. The molecule has 1 aromatic carbocycles. The van der Waals surface area contributed by atoms with Gasteiger partial charge in [0, 0.05) is 38.1 Å². The van der Waals surface area contributed by atoms with E-state index in [0.29, 0.717) is 24.0 Å². The molecule has 144 valence electrons. The topological polar surface area (TPSA) is 31.4 Å². The zero-order chi connectivity index (χ0) is 19.4. The number of hydrogen-bond donors (Lipinski definition) is 1. The van der Waals surface area contributed by atoms with E-state index in [2.05, 4.69) is 15.2 Å². The molecule has 1 aromatic heterocycles. The zero-order valence-electron chi connectivity index (χ0n) is 15.0. The van der Waals surface area contributed by atoms with Gasteiger partial charge in [-0.2, -0.15) is 13.2 Å². The molecule has 1 aliphatic heterocycles. The number of halogens is 3. The van der Waals surface area contributed by atoms with E-state index in [0.717, 1.165) is 37.5 Å². The Morgan fingerprint density at radius 2 is 1.78 bits per heavy atom. The van der Waals surface area contributed by atoms with Crippen LogP contribution in [0.15, 0.2) is 42.6 Å². The van der Waals surface area contributed by atoms with E-state index >= 15 is 0 Å². The van der Waals surface area contributed by atoms with E-state index in [1.54, 1.807) is 0 Å². The van der Waals surface area contributed by atoms with Gasteiger partial charge in [0.1, 0.15) is 5.82 Å². The molecule has 0 amide bonds. The van der Waals surface area contributed by atoms with Gasteiger partial charge in [-0.25, -0.2) is 4.98 Å². The smallest absolute Gasteiger partial charge is 0.355 e. The SMILES string of the molecule is Cc1ccc(NC(=S)N2CCCN(c3ccc(C(F)(F)F)cn3)CC2)cc1. The number of pyridine rings is 1. The molecule has 1 fully saturated rings. The third-order valence-corrected chi connectivity index (χ3v) is 4.85. The Bertz CT molecular complexity index is 775. The van der Waals surface area contributed by atoms with Crippen LogP contribution in [-0.4, -0.2) is 41.2 Å². The van der Waals surface area contributed by atoms with Crippen molar-refractivity contribution in [2.24, 2.45) is 0 Å². The summed E-state index contributed by atoms with van der Waals surface area (Å²) in [6, 6.07) is 10.5. The summed E-state index contributed by atoms with van der Waals surface area (Å²) in [5.41, 5.74) is 1.39. The fourth-order valence-electron chi connectivity index (χ4n) is 2.93. The maximum absolute atomic E-state index is 12.7. The number of nitrogens with zero attached hydrogens (tertiary/aromatic N) is 3. The van der Waals surface area contributed by atoms with Crippen LogP contribution in [0.25, 0.3) is 0 Å². The average molecular weight is 394 g/mol. The summed E-state index contributed by atoms with van der Waals surface area (Å²) in [4.78, 5) is 8.07. The summed E-state index contributed by atoms with van der Waals surface area (Å²) in [5, 5.41) is 3.90. The minimum atomic E-state index is -4.37. The molecule has 0 saturated carbocycles. The third kappa shape index (κ3) is 5.09. The number of aryl methyl sites for hydroxylation is 1. The van der Waals surface area contributed by atoms with Crippen molar-refractivity contribution >= 4 is 28.8 Å². The van der Waals surface area contributed by atoms with Gasteiger partial charge < -0.3 is 15.1 Å². The molecular formula is C19H21F3N4S. The van der Waals surface area contributed by atoms with Crippen LogP contribution < -0.4 is 10.2 Å². The molecule has 0 atom stereocenters. The van der Waals surface area contributed by atoms with Gasteiger partial charge in [0.15, 0.2) is 5.11 Å². The number of thiocarbonyl (C=S) groups is 1. The summed E-state index contributed by atoms with van der Waals surface area (Å²) >= 11 is 5.52. The molecule has 1 N–H and O–H groups in total. The highest BCUT2D eigenvalue weighted by Crippen LogP contribution is 2.29. The second-order valence-electron chi connectivity index (χ2n) is 6.53. The molecule has 0 radical (unpaired) electrons. The summed E-state index contributed by atoms with van der Waals surface area (Å²) in [5.74, 6) is 0.558. The molecule has 1 aliphatic rings. The van der Waals surface area contributed by atoms with Crippen LogP contribution >= 0.6 is 12.2 Å². The minimum Gasteiger partial charge on any atom is -0.355 e. The van der Waals surface area contributed by atoms with Gasteiger partial charge in [-0.05, 0) is 49.8 Å². The van der Waals surface area contributed by atoms with Crippen molar-refractivity contribution in [3.63, 3.8) is 0 Å². The van der Waals surface area contributed by atoms with Crippen molar-refractivity contribution in [1.82, 2.24) is 9.88 Å². The first kappa shape index (κ1) is 19.4.